The number of rotatable bonds is 6. The smallest absolute Gasteiger partial charge is 0.243 e. The largest absolute Gasteiger partial charge is 0.379 e. The first-order valence-corrected chi connectivity index (χ1v) is 12.5. The summed E-state index contributed by atoms with van der Waals surface area (Å²) in [7, 11) is -1.66. The van der Waals surface area contributed by atoms with Crippen LogP contribution in [-0.4, -0.2) is 83.1 Å². The number of carbonyl (C=O) groups excluding carboxylic acids is 1. The fraction of sp³-hybridized carbons (Fsp3) is 0.435. The van der Waals surface area contributed by atoms with Crippen LogP contribution < -0.4 is 10.2 Å². The van der Waals surface area contributed by atoms with Crippen LogP contribution in [0.4, 0.5) is 15.8 Å². The van der Waals surface area contributed by atoms with E-state index >= 15 is 0 Å². The summed E-state index contributed by atoms with van der Waals surface area (Å²) in [6, 6.07) is 10.8. The molecule has 0 aliphatic carbocycles. The molecular weight excluding hydrogens is 447 g/mol. The van der Waals surface area contributed by atoms with Gasteiger partial charge in [0.25, 0.3) is 0 Å². The van der Waals surface area contributed by atoms with Crippen molar-refractivity contribution in [2.24, 2.45) is 0 Å². The molecule has 2 fully saturated rings. The van der Waals surface area contributed by atoms with Crippen molar-refractivity contribution in [2.45, 2.75) is 11.3 Å². The molecular formula is C23H29FN4O4S. The molecule has 2 heterocycles. The summed E-state index contributed by atoms with van der Waals surface area (Å²) >= 11 is 0. The molecule has 1 N–H and O–H groups in total. The van der Waals surface area contributed by atoms with Gasteiger partial charge in [-0.15, -0.1) is 0 Å². The number of anilines is 2. The van der Waals surface area contributed by atoms with Crippen molar-refractivity contribution in [3.8, 4) is 0 Å². The second kappa shape index (κ2) is 10.2. The molecule has 33 heavy (non-hydrogen) atoms. The normalized spacial score (nSPS) is 18.3. The van der Waals surface area contributed by atoms with E-state index in [1.807, 2.05) is 0 Å². The molecule has 0 saturated carbocycles. The molecule has 0 spiro atoms. The van der Waals surface area contributed by atoms with Gasteiger partial charge in [0.05, 0.1) is 35.9 Å². The van der Waals surface area contributed by atoms with E-state index < -0.39 is 15.8 Å². The Morgan fingerprint density at radius 3 is 2.45 bits per heavy atom. The first-order valence-electron chi connectivity index (χ1n) is 11.0. The van der Waals surface area contributed by atoms with Gasteiger partial charge in [-0.2, -0.15) is 4.31 Å². The molecule has 0 unspecified atom stereocenters. The summed E-state index contributed by atoms with van der Waals surface area (Å²) < 4.78 is 46.6. The molecule has 0 bridgehead atoms. The van der Waals surface area contributed by atoms with E-state index in [0.29, 0.717) is 37.6 Å². The molecule has 8 nitrogen and oxygen atoms in total. The van der Waals surface area contributed by atoms with Gasteiger partial charge in [0.1, 0.15) is 5.82 Å². The van der Waals surface area contributed by atoms with E-state index in [2.05, 4.69) is 22.2 Å². The zero-order valence-corrected chi connectivity index (χ0v) is 19.5. The first kappa shape index (κ1) is 23.6. The molecule has 4 rings (SSSR count). The van der Waals surface area contributed by atoms with Gasteiger partial charge in [0, 0.05) is 39.3 Å². The summed E-state index contributed by atoms with van der Waals surface area (Å²) in [5.74, 6) is -0.742. The first-order chi connectivity index (χ1) is 15.8. The van der Waals surface area contributed by atoms with Crippen LogP contribution in [0.5, 0.6) is 0 Å². The Labute approximate surface area is 194 Å². The van der Waals surface area contributed by atoms with Crippen LogP contribution >= 0.6 is 0 Å². The summed E-state index contributed by atoms with van der Waals surface area (Å²) in [4.78, 5) is 17.3. The summed E-state index contributed by atoms with van der Waals surface area (Å²) in [5, 5.41) is 2.88. The summed E-state index contributed by atoms with van der Waals surface area (Å²) in [6.45, 7) is 4.56. The lowest BCUT2D eigenvalue weighted by atomic mass is 10.1. The number of hydrogen-bond donors (Lipinski definition) is 1. The predicted molar refractivity (Wildman–Crippen MR) is 124 cm³/mol. The molecule has 1 amide bonds. The third kappa shape index (κ3) is 5.70. The van der Waals surface area contributed by atoms with E-state index in [0.717, 1.165) is 31.9 Å². The van der Waals surface area contributed by atoms with Crippen molar-refractivity contribution in [3.63, 3.8) is 0 Å². The van der Waals surface area contributed by atoms with Gasteiger partial charge in [-0.05, 0) is 42.9 Å². The summed E-state index contributed by atoms with van der Waals surface area (Å²) in [6.07, 6.45) is -0.0135. The Bertz CT molecular complexity index is 1100. The standard InChI is InChI=1S/C23H29FN4O4S/c1-26-7-9-27(10-8-26)22-6-5-20(33(30,31)28-11-13-32-14-12-28)17-21(22)25-23(29)16-18-3-2-4-19(24)15-18/h2-6,15,17H,7-14,16H2,1H3,(H,25,29). The second-order valence-electron chi connectivity index (χ2n) is 8.34. The van der Waals surface area contributed by atoms with Crippen LogP contribution in [0.15, 0.2) is 47.4 Å². The number of amides is 1. The lowest BCUT2D eigenvalue weighted by molar-refractivity contribution is -0.115. The predicted octanol–water partition coefficient (Wildman–Crippen LogP) is 1.78. The van der Waals surface area contributed by atoms with Gasteiger partial charge in [0.2, 0.25) is 15.9 Å². The molecule has 0 aromatic heterocycles. The number of morpholine rings is 1. The highest BCUT2D eigenvalue weighted by atomic mass is 32.2. The van der Waals surface area contributed by atoms with E-state index in [-0.39, 0.29) is 17.2 Å². The second-order valence-corrected chi connectivity index (χ2v) is 10.3. The number of carbonyl (C=O) groups is 1. The van der Waals surface area contributed by atoms with Crippen molar-refractivity contribution in [1.82, 2.24) is 9.21 Å². The molecule has 2 aromatic carbocycles. The van der Waals surface area contributed by atoms with Gasteiger partial charge >= 0.3 is 0 Å². The Kier molecular flexibility index (Phi) is 7.28. The minimum Gasteiger partial charge on any atom is -0.379 e. The van der Waals surface area contributed by atoms with E-state index in [1.54, 1.807) is 24.3 Å². The Morgan fingerprint density at radius 2 is 1.76 bits per heavy atom. The van der Waals surface area contributed by atoms with Crippen LogP contribution in [0.1, 0.15) is 5.56 Å². The lowest BCUT2D eigenvalue weighted by Crippen LogP contribution is -2.44. The summed E-state index contributed by atoms with van der Waals surface area (Å²) in [5.41, 5.74) is 1.76. The average Bonchev–Trinajstić information content (AvgIpc) is 2.80. The van der Waals surface area contributed by atoms with Crippen LogP contribution in [0.3, 0.4) is 0 Å². The van der Waals surface area contributed by atoms with Crippen molar-refractivity contribution in [1.29, 1.82) is 0 Å². The van der Waals surface area contributed by atoms with E-state index in [4.69, 9.17) is 4.74 Å². The fourth-order valence-electron chi connectivity index (χ4n) is 4.06. The van der Waals surface area contributed by atoms with Gasteiger partial charge < -0.3 is 19.9 Å². The van der Waals surface area contributed by atoms with Gasteiger partial charge in [-0.1, -0.05) is 12.1 Å². The van der Waals surface area contributed by atoms with Crippen molar-refractivity contribution >= 4 is 27.3 Å². The number of hydrogen-bond acceptors (Lipinski definition) is 6. The number of sulfonamides is 1. The maximum absolute atomic E-state index is 13.5. The molecule has 0 atom stereocenters. The van der Waals surface area contributed by atoms with E-state index in [9.17, 15) is 17.6 Å². The maximum Gasteiger partial charge on any atom is 0.243 e. The zero-order chi connectivity index (χ0) is 23.4. The molecule has 2 aliphatic heterocycles. The Balaban J connectivity index is 1.62. The van der Waals surface area contributed by atoms with Crippen LogP contribution in [0.2, 0.25) is 0 Å². The minimum atomic E-state index is -3.72. The third-order valence-electron chi connectivity index (χ3n) is 5.95. The molecule has 0 radical (unpaired) electrons. The number of benzene rings is 2. The lowest BCUT2D eigenvalue weighted by Gasteiger charge is -2.35. The highest BCUT2D eigenvalue weighted by Crippen LogP contribution is 2.31. The number of ether oxygens (including phenoxy) is 1. The van der Waals surface area contributed by atoms with Gasteiger partial charge in [0.15, 0.2) is 0 Å². The van der Waals surface area contributed by atoms with Crippen LogP contribution in [-0.2, 0) is 26.0 Å². The SMILES string of the molecule is CN1CCN(c2ccc(S(=O)(=O)N3CCOCC3)cc2NC(=O)Cc2cccc(F)c2)CC1. The number of piperazine rings is 1. The highest BCUT2D eigenvalue weighted by molar-refractivity contribution is 7.89. The Hall–Kier alpha value is -2.53. The zero-order valence-electron chi connectivity index (χ0n) is 18.7. The number of nitrogens with one attached hydrogen (secondary N) is 1. The molecule has 2 aliphatic rings. The fourth-order valence-corrected chi connectivity index (χ4v) is 5.50. The quantitative estimate of drug-likeness (QED) is 0.685. The third-order valence-corrected chi connectivity index (χ3v) is 7.84. The van der Waals surface area contributed by atoms with Crippen LogP contribution in [0, 0.1) is 5.82 Å². The monoisotopic (exact) mass is 476 g/mol. The maximum atomic E-state index is 13.5. The number of halogens is 1. The molecule has 10 heteroatoms. The number of likely N-dealkylation sites (N-methyl/N-ethyl adjacent to an activating group) is 1. The Morgan fingerprint density at radius 1 is 1.03 bits per heavy atom. The highest BCUT2D eigenvalue weighted by Gasteiger charge is 2.28. The van der Waals surface area contributed by atoms with Crippen molar-refractivity contribution in [2.75, 3.05) is 69.7 Å². The average molecular weight is 477 g/mol. The molecule has 178 valence electrons. The molecule has 2 aromatic rings. The van der Waals surface area contributed by atoms with Crippen molar-refractivity contribution < 1.29 is 22.3 Å². The molecule has 2 saturated heterocycles. The minimum absolute atomic E-state index is 0.0135. The number of nitrogens with zero attached hydrogens (tertiary/aromatic N) is 3. The van der Waals surface area contributed by atoms with E-state index in [1.165, 1.54) is 22.5 Å². The van der Waals surface area contributed by atoms with Crippen molar-refractivity contribution in [3.05, 3.63) is 53.8 Å². The van der Waals surface area contributed by atoms with Crippen LogP contribution in [0.25, 0.3) is 0 Å². The van der Waals surface area contributed by atoms with Gasteiger partial charge in [-0.25, -0.2) is 12.8 Å². The topological polar surface area (TPSA) is 82.2 Å². The van der Waals surface area contributed by atoms with Gasteiger partial charge in [-0.3, -0.25) is 4.79 Å².